The SMILES string of the molecule is CCc1cnc(N2CCN(C(=O)c3ccc(N4CCN(C(C)=O)C4=O)cc3C(N)=O)CC2)c(C)c1. The molecule has 2 aliphatic heterocycles. The van der Waals surface area contributed by atoms with Crippen LogP contribution in [0.2, 0.25) is 0 Å². The number of imide groups is 1. The maximum absolute atomic E-state index is 13.3. The van der Waals surface area contributed by atoms with Gasteiger partial charge in [0, 0.05) is 58.1 Å². The van der Waals surface area contributed by atoms with E-state index in [1.807, 2.05) is 13.1 Å². The van der Waals surface area contributed by atoms with Crippen LogP contribution in [-0.4, -0.2) is 77.8 Å². The number of carbonyl (C=O) groups is 4. The second kappa shape index (κ2) is 9.73. The van der Waals surface area contributed by atoms with Crippen LogP contribution < -0.4 is 15.5 Å². The highest BCUT2D eigenvalue weighted by atomic mass is 16.2. The first-order valence-electron chi connectivity index (χ1n) is 11.7. The number of pyridine rings is 1. The van der Waals surface area contributed by atoms with Crippen molar-refractivity contribution >= 4 is 35.3 Å². The van der Waals surface area contributed by atoms with Crippen LogP contribution in [0.1, 0.15) is 45.7 Å². The second-order valence-electron chi connectivity index (χ2n) is 8.82. The van der Waals surface area contributed by atoms with E-state index in [0.717, 1.165) is 22.7 Å². The molecule has 2 N–H and O–H groups in total. The van der Waals surface area contributed by atoms with Gasteiger partial charge in [0.05, 0.1) is 11.1 Å². The Morgan fingerprint density at radius 1 is 1.00 bits per heavy atom. The van der Waals surface area contributed by atoms with Crippen molar-refractivity contribution in [2.24, 2.45) is 5.73 Å². The third-order valence-electron chi connectivity index (χ3n) is 6.58. The molecule has 184 valence electrons. The molecule has 10 nitrogen and oxygen atoms in total. The van der Waals surface area contributed by atoms with Crippen molar-refractivity contribution in [2.45, 2.75) is 27.2 Å². The molecule has 0 bridgehead atoms. The van der Waals surface area contributed by atoms with Crippen molar-refractivity contribution in [2.75, 3.05) is 49.1 Å². The summed E-state index contributed by atoms with van der Waals surface area (Å²) in [6.45, 7) is 8.24. The third-order valence-corrected chi connectivity index (χ3v) is 6.58. The van der Waals surface area contributed by atoms with Gasteiger partial charge in [0.2, 0.25) is 11.8 Å². The van der Waals surface area contributed by atoms with E-state index in [9.17, 15) is 19.2 Å². The number of nitrogens with two attached hydrogens (primary N) is 1. The van der Waals surface area contributed by atoms with Crippen LogP contribution in [0.25, 0.3) is 0 Å². The minimum absolute atomic E-state index is 0.0525. The topological polar surface area (TPSA) is 120 Å². The van der Waals surface area contributed by atoms with Gasteiger partial charge < -0.3 is 15.5 Å². The van der Waals surface area contributed by atoms with Crippen LogP contribution >= 0.6 is 0 Å². The number of urea groups is 1. The normalized spacial score (nSPS) is 16.1. The zero-order valence-electron chi connectivity index (χ0n) is 20.3. The Morgan fingerprint density at radius 2 is 1.71 bits per heavy atom. The smallest absolute Gasteiger partial charge is 0.331 e. The Labute approximate surface area is 204 Å². The monoisotopic (exact) mass is 478 g/mol. The van der Waals surface area contributed by atoms with E-state index in [0.29, 0.717) is 38.4 Å². The fourth-order valence-electron chi connectivity index (χ4n) is 4.60. The van der Waals surface area contributed by atoms with Crippen molar-refractivity contribution in [3.8, 4) is 0 Å². The van der Waals surface area contributed by atoms with Gasteiger partial charge in [0.1, 0.15) is 5.82 Å². The Morgan fingerprint density at radius 3 is 2.29 bits per heavy atom. The molecule has 0 unspecified atom stereocenters. The molecule has 0 radical (unpaired) electrons. The van der Waals surface area contributed by atoms with Crippen molar-refractivity contribution in [1.82, 2.24) is 14.8 Å². The Bertz CT molecular complexity index is 1190. The van der Waals surface area contributed by atoms with Gasteiger partial charge in [-0.2, -0.15) is 0 Å². The van der Waals surface area contributed by atoms with Gasteiger partial charge in [-0.25, -0.2) is 9.78 Å². The van der Waals surface area contributed by atoms with Crippen molar-refractivity contribution in [1.29, 1.82) is 0 Å². The molecule has 35 heavy (non-hydrogen) atoms. The predicted octanol–water partition coefficient (Wildman–Crippen LogP) is 1.80. The molecule has 2 saturated heterocycles. The lowest BCUT2D eigenvalue weighted by atomic mass is 10.0. The molecular weight excluding hydrogens is 448 g/mol. The average Bonchev–Trinajstić information content (AvgIpc) is 3.24. The van der Waals surface area contributed by atoms with E-state index in [-0.39, 0.29) is 29.5 Å². The number of piperazine rings is 1. The number of aromatic nitrogens is 1. The molecule has 5 amide bonds. The standard InChI is InChI=1S/C25H30N6O4/c1-4-18-13-16(2)23(27-15-18)28-7-9-29(10-8-28)24(34)20-6-5-19(14-21(20)22(26)33)31-12-11-30(17(3)32)25(31)35/h5-6,13-15H,4,7-12H2,1-3H3,(H2,26,33). The van der Waals surface area contributed by atoms with Crippen molar-refractivity contribution < 1.29 is 19.2 Å². The summed E-state index contributed by atoms with van der Waals surface area (Å²) in [6.07, 6.45) is 2.82. The highest BCUT2D eigenvalue weighted by molar-refractivity contribution is 6.09. The zero-order chi connectivity index (χ0) is 25.3. The summed E-state index contributed by atoms with van der Waals surface area (Å²) in [6, 6.07) is 6.28. The number of aryl methyl sites for hydroxylation is 2. The highest BCUT2D eigenvalue weighted by Gasteiger charge is 2.33. The molecule has 1 aromatic heterocycles. The number of hydrogen-bond acceptors (Lipinski definition) is 6. The number of benzene rings is 1. The van der Waals surface area contributed by atoms with Gasteiger partial charge in [-0.05, 0) is 42.7 Å². The lowest BCUT2D eigenvalue weighted by Gasteiger charge is -2.36. The van der Waals surface area contributed by atoms with Crippen LogP contribution in [0, 0.1) is 6.92 Å². The molecule has 0 saturated carbocycles. The predicted molar refractivity (Wildman–Crippen MR) is 132 cm³/mol. The van der Waals surface area contributed by atoms with Crippen LogP contribution in [0.5, 0.6) is 0 Å². The van der Waals surface area contributed by atoms with E-state index in [1.54, 1.807) is 11.0 Å². The number of hydrogen-bond donors (Lipinski definition) is 1. The van der Waals surface area contributed by atoms with Crippen LogP contribution in [0.3, 0.4) is 0 Å². The molecule has 0 spiro atoms. The van der Waals surface area contributed by atoms with Crippen molar-refractivity contribution in [3.05, 3.63) is 52.7 Å². The van der Waals surface area contributed by atoms with Crippen molar-refractivity contribution in [3.63, 3.8) is 0 Å². The first-order valence-corrected chi connectivity index (χ1v) is 11.7. The summed E-state index contributed by atoms with van der Waals surface area (Å²) in [5.74, 6) is -0.453. The zero-order valence-corrected chi connectivity index (χ0v) is 20.3. The molecule has 0 aliphatic carbocycles. The molecule has 2 aromatic rings. The number of rotatable bonds is 5. The summed E-state index contributed by atoms with van der Waals surface area (Å²) >= 11 is 0. The van der Waals surface area contributed by atoms with E-state index in [2.05, 4.69) is 22.9 Å². The number of primary amides is 1. The van der Waals surface area contributed by atoms with Crippen LogP contribution in [0.15, 0.2) is 30.5 Å². The molecule has 2 fully saturated rings. The van der Waals surface area contributed by atoms with Gasteiger partial charge in [0.15, 0.2) is 0 Å². The Hall–Kier alpha value is -3.95. The first kappa shape index (κ1) is 24.2. The Kier molecular flexibility index (Phi) is 6.72. The van der Waals surface area contributed by atoms with Gasteiger partial charge in [-0.1, -0.05) is 13.0 Å². The van der Waals surface area contributed by atoms with E-state index < -0.39 is 11.9 Å². The summed E-state index contributed by atoms with van der Waals surface area (Å²) in [5.41, 5.74) is 8.57. The Balaban J connectivity index is 1.49. The van der Waals surface area contributed by atoms with Crippen LogP contribution in [-0.2, 0) is 11.2 Å². The number of amides is 5. The number of carbonyl (C=O) groups excluding carboxylic acids is 4. The minimum Gasteiger partial charge on any atom is -0.366 e. The van der Waals surface area contributed by atoms with Crippen LogP contribution in [0.4, 0.5) is 16.3 Å². The molecule has 10 heteroatoms. The molecule has 2 aliphatic rings. The maximum Gasteiger partial charge on any atom is 0.331 e. The first-order chi connectivity index (χ1) is 16.7. The minimum atomic E-state index is -0.750. The third kappa shape index (κ3) is 4.68. The summed E-state index contributed by atoms with van der Waals surface area (Å²) < 4.78 is 0. The van der Waals surface area contributed by atoms with E-state index >= 15 is 0 Å². The van der Waals surface area contributed by atoms with Gasteiger partial charge >= 0.3 is 6.03 Å². The van der Waals surface area contributed by atoms with Gasteiger partial charge in [-0.15, -0.1) is 0 Å². The number of anilines is 2. The maximum atomic E-state index is 13.3. The molecule has 0 atom stereocenters. The average molecular weight is 479 g/mol. The fourth-order valence-corrected chi connectivity index (χ4v) is 4.60. The fraction of sp³-hybridized carbons (Fsp3) is 0.400. The molecule has 3 heterocycles. The van der Waals surface area contributed by atoms with Gasteiger partial charge in [-0.3, -0.25) is 24.2 Å². The second-order valence-corrected chi connectivity index (χ2v) is 8.82. The summed E-state index contributed by atoms with van der Waals surface area (Å²) in [7, 11) is 0. The number of nitrogens with zero attached hydrogens (tertiary/aromatic N) is 5. The quantitative estimate of drug-likeness (QED) is 0.700. The largest absolute Gasteiger partial charge is 0.366 e. The molecular formula is C25H30N6O4. The lowest BCUT2D eigenvalue weighted by Crippen LogP contribution is -2.49. The van der Waals surface area contributed by atoms with Gasteiger partial charge in [0.25, 0.3) is 5.91 Å². The summed E-state index contributed by atoms with van der Waals surface area (Å²) in [4.78, 5) is 60.7. The van der Waals surface area contributed by atoms with E-state index in [1.165, 1.54) is 29.5 Å². The summed E-state index contributed by atoms with van der Waals surface area (Å²) in [5, 5.41) is 0. The highest BCUT2D eigenvalue weighted by Crippen LogP contribution is 2.26. The molecule has 1 aromatic carbocycles. The molecule has 4 rings (SSSR count). The lowest BCUT2D eigenvalue weighted by molar-refractivity contribution is -0.125. The van der Waals surface area contributed by atoms with E-state index in [4.69, 9.17) is 5.73 Å².